The quantitative estimate of drug-likeness (QED) is 0.546. The summed E-state index contributed by atoms with van der Waals surface area (Å²) in [5.74, 6) is -1.26. The van der Waals surface area contributed by atoms with Gasteiger partial charge in [0, 0.05) is 24.6 Å². The molecule has 35 heavy (non-hydrogen) atoms. The molecule has 0 saturated heterocycles. The normalized spacial score (nSPS) is 27.8. The van der Waals surface area contributed by atoms with E-state index >= 15 is 0 Å². The number of anilines is 1. The van der Waals surface area contributed by atoms with Crippen molar-refractivity contribution in [1.82, 2.24) is 5.32 Å². The Kier molecular flexibility index (Phi) is 6.35. The largest absolute Gasteiger partial charge is 0.481 e. The van der Waals surface area contributed by atoms with Crippen LogP contribution in [0.5, 0.6) is 0 Å². The number of nitrogens with one attached hydrogen (secondary N) is 2. The maximum Gasteiger partial charge on any atom is 0.303 e. The summed E-state index contributed by atoms with van der Waals surface area (Å²) in [5, 5.41) is 24.2. The minimum atomic E-state index is -0.859. The molecule has 0 heterocycles. The maximum absolute atomic E-state index is 13.6. The molecule has 0 bridgehead atoms. The summed E-state index contributed by atoms with van der Waals surface area (Å²) in [6.07, 6.45) is 6.56. The zero-order chi connectivity index (χ0) is 25.5. The van der Waals surface area contributed by atoms with Crippen LogP contribution in [-0.2, 0) is 20.8 Å². The number of aliphatic carboxylic acids is 1. The fraction of sp³-hybridized carbons (Fsp3) is 0.500. The molecular weight excluding hydrogens is 442 g/mol. The molecule has 184 valence electrons. The van der Waals surface area contributed by atoms with Crippen LogP contribution in [0.2, 0.25) is 0 Å². The Labute approximate surface area is 206 Å². The smallest absolute Gasteiger partial charge is 0.303 e. The number of amides is 2. The zero-order valence-corrected chi connectivity index (χ0v) is 20.8. The highest BCUT2D eigenvalue weighted by atomic mass is 16.4. The summed E-state index contributed by atoms with van der Waals surface area (Å²) in [6.45, 7) is 6.53. The van der Waals surface area contributed by atoms with E-state index in [1.54, 1.807) is 25.2 Å². The van der Waals surface area contributed by atoms with Crippen molar-refractivity contribution < 1.29 is 19.5 Å². The fourth-order valence-corrected chi connectivity index (χ4v) is 6.53. The average Bonchev–Trinajstić information content (AvgIpc) is 3.32. The standard InChI is InChI=1S/C28H33N3O4/c1-16-24(26(35)31-22-12-17(14-29)8-9-18(22)6-5-7-23(32)33)28(16)15-27(2,3)20-11-10-19(13-21(20)28)25(34)30-4/h8-12,16,19,24H,5-7,13,15H2,1-4H3,(H,30,34)(H,31,35)(H,32,33). The number of benzene rings is 1. The van der Waals surface area contributed by atoms with Crippen molar-refractivity contribution >= 4 is 23.5 Å². The lowest BCUT2D eigenvalue weighted by Gasteiger charge is -2.24. The third-order valence-electron chi connectivity index (χ3n) is 8.23. The molecule has 3 aliphatic rings. The molecule has 0 aliphatic heterocycles. The van der Waals surface area contributed by atoms with Crippen LogP contribution < -0.4 is 10.6 Å². The van der Waals surface area contributed by atoms with E-state index in [0.29, 0.717) is 30.5 Å². The molecule has 1 saturated carbocycles. The van der Waals surface area contributed by atoms with Crippen molar-refractivity contribution in [1.29, 1.82) is 5.26 Å². The summed E-state index contributed by atoms with van der Waals surface area (Å²) >= 11 is 0. The van der Waals surface area contributed by atoms with Gasteiger partial charge >= 0.3 is 5.97 Å². The number of carboxylic acid groups (broad SMARTS) is 1. The van der Waals surface area contributed by atoms with E-state index in [-0.39, 0.29) is 46.8 Å². The lowest BCUT2D eigenvalue weighted by molar-refractivity contribution is -0.137. The number of hydrogen-bond acceptors (Lipinski definition) is 4. The topological polar surface area (TPSA) is 119 Å². The van der Waals surface area contributed by atoms with Gasteiger partial charge in [0.15, 0.2) is 0 Å². The van der Waals surface area contributed by atoms with Gasteiger partial charge in [0.05, 0.1) is 23.5 Å². The predicted molar refractivity (Wildman–Crippen MR) is 132 cm³/mol. The average molecular weight is 476 g/mol. The van der Waals surface area contributed by atoms with Gasteiger partial charge in [-0.1, -0.05) is 44.6 Å². The first kappa shape index (κ1) is 24.7. The van der Waals surface area contributed by atoms with Gasteiger partial charge in [0.25, 0.3) is 0 Å². The number of aryl methyl sites for hydroxylation is 1. The van der Waals surface area contributed by atoms with Gasteiger partial charge in [-0.2, -0.15) is 5.26 Å². The van der Waals surface area contributed by atoms with Gasteiger partial charge in [-0.25, -0.2) is 0 Å². The van der Waals surface area contributed by atoms with E-state index in [0.717, 1.165) is 12.0 Å². The van der Waals surface area contributed by atoms with Gasteiger partial charge < -0.3 is 15.7 Å². The van der Waals surface area contributed by atoms with Crippen LogP contribution in [0.25, 0.3) is 0 Å². The second-order valence-electron chi connectivity index (χ2n) is 10.8. The molecule has 4 atom stereocenters. The molecule has 0 aromatic heterocycles. The fourth-order valence-electron chi connectivity index (χ4n) is 6.53. The molecule has 7 heteroatoms. The van der Waals surface area contributed by atoms with Crippen LogP contribution in [0.4, 0.5) is 5.69 Å². The molecule has 1 fully saturated rings. The van der Waals surface area contributed by atoms with Gasteiger partial charge in [0.2, 0.25) is 11.8 Å². The number of nitriles is 1. The molecular formula is C28H33N3O4. The minimum absolute atomic E-state index is 0.0127. The van der Waals surface area contributed by atoms with E-state index in [9.17, 15) is 19.6 Å². The van der Waals surface area contributed by atoms with Crippen LogP contribution in [0, 0.1) is 39.9 Å². The first-order chi connectivity index (χ1) is 16.5. The van der Waals surface area contributed by atoms with Gasteiger partial charge in [-0.15, -0.1) is 0 Å². The molecule has 7 nitrogen and oxygen atoms in total. The Bertz CT molecular complexity index is 1190. The van der Waals surface area contributed by atoms with E-state index in [1.807, 2.05) is 6.08 Å². The van der Waals surface area contributed by atoms with E-state index in [2.05, 4.69) is 43.6 Å². The molecule has 1 aromatic carbocycles. The van der Waals surface area contributed by atoms with Crippen LogP contribution in [-0.4, -0.2) is 29.9 Å². The Balaban J connectivity index is 1.59. The van der Waals surface area contributed by atoms with Crippen molar-refractivity contribution in [2.45, 2.75) is 52.9 Å². The monoisotopic (exact) mass is 475 g/mol. The summed E-state index contributed by atoms with van der Waals surface area (Å²) in [7, 11) is 1.65. The lowest BCUT2D eigenvalue weighted by atomic mass is 9.81. The third kappa shape index (κ3) is 4.27. The van der Waals surface area contributed by atoms with Crippen LogP contribution >= 0.6 is 0 Å². The Morgan fingerprint density at radius 3 is 2.63 bits per heavy atom. The number of carboxylic acids is 1. The SMILES string of the molecule is CNC(=O)C1C=CC2=C(C1)C1(CC2(C)C)C(C)C1C(=O)Nc1cc(C#N)ccc1CCCC(=O)O. The number of carbonyl (C=O) groups excluding carboxylic acids is 2. The number of allylic oxidation sites excluding steroid dienone is 3. The van der Waals surface area contributed by atoms with Gasteiger partial charge in [-0.3, -0.25) is 14.4 Å². The Morgan fingerprint density at radius 2 is 1.97 bits per heavy atom. The number of carbonyl (C=O) groups is 3. The van der Waals surface area contributed by atoms with Crippen molar-refractivity contribution in [2.75, 3.05) is 12.4 Å². The summed E-state index contributed by atoms with van der Waals surface area (Å²) in [6, 6.07) is 7.27. The molecule has 4 rings (SSSR count). The van der Waals surface area contributed by atoms with E-state index in [1.165, 1.54) is 11.1 Å². The third-order valence-corrected chi connectivity index (χ3v) is 8.23. The number of fused-ring (bicyclic) bond motifs is 1. The number of rotatable bonds is 7. The van der Waals surface area contributed by atoms with Gasteiger partial charge in [0.1, 0.15) is 0 Å². The maximum atomic E-state index is 13.6. The summed E-state index contributed by atoms with van der Waals surface area (Å²) in [4.78, 5) is 36.9. The second kappa shape index (κ2) is 8.99. The number of hydrogen-bond donors (Lipinski definition) is 3. The van der Waals surface area contributed by atoms with Crippen molar-refractivity contribution in [2.24, 2.45) is 28.6 Å². The van der Waals surface area contributed by atoms with E-state index in [4.69, 9.17) is 5.11 Å². The highest BCUT2D eigenvalue weighted by molar-refractivity contribution is 5.97. The molecule has 2 amide bonds. The minimum Gasteiger partial charge on any atom is -0.481 e. The highest BCUT2D eigenvalue weighted by Gasteiger charge is 2.71. The molecule has 4 unspecified atom stereocenters. The van der Waals surface area contributed by atoms with Crippen molar-refractivity contribution in [3.05, 3.63) is 52.6 Å². The first-order valence-corrected chi connectivity index (χ1v) is 12.2. The highest BCUT2D eigenvalue weighted by Crippen LogP contribution is 2.74. The Hall–Kier alpha value is -3.40. The zero-order valence-electron chi connectivity index (χ0n) is 20.8. The van der Waals surface area contributed by atoms with Crippen molar-refractivity contribution in [3.8, 4) is 6.07 Å². The second-order valence-corrected chi connectivity index (χ2v) is 10.8. The van der Waals surface area contributed by atoms with Crippen LogP contribution in [0.1, 0.15) is 57.6 Å². The summed E-state index contributed by atoms with van der Waals surface area (Å²) < 4.78 is 0. The lowest BCUT2D eigenvalue weighted by Crippen LogP contribution is -2.29. The molecule has 3 N–H and O–H groups in total. The van der Waals surface area contributed by atoms with Crippen molar-refractivity contribution in [3.63, 3.8) is 0 Å². The number of nitrogens with zero attached hydrogens (tertiary/aromatic N) is 1. The van der Waals surface area contributed by atoms with Crippen LogP contribution in [0.15, 0.2) is 41.5 Å². The molecule has 3 aliphatic carbocycles. The molecule has 1 spiro atoms. The van der Waals surface area contributed by atoms with Crippen LogP contribution in [0.3, 0.4) is 0 Å². The molecule has 0 radical (unpaired) electrons. The van der Waals surface area contributed by atoms with E-state index < -0.39 is 5.97 Å². The first-order valence-electron chi connectivity index (χ1n) is 12.2. The Morgan fingerprint density at radius 1 is 1.23 bits per heavy atom. The summed E-state index contributed by atoms with van der Waals surface area (Å²) in [5.41, 5.74) is 3.99. The van der Waals surface area contributed by atoms with Gasteiger partial charge in [-0.05, 0) is 60.3 Å². The predicted octanol–water partition coefficient (Wildman–Crippen LogP) is 4.20. The molecule has 1 aromatic rings.